The predicted molar refractivity (Wildman–Crippen MR) is 89.6 cm³/mol. The summed E-state index contributed by atoms with van der Waals surface area (Å²) in [7, 11) is 1.65. The average Bonchev–Trinajstić information content (AvgIpc) is 2.88. The quantitative estimate of drug-likeness (QED) is 0.721. The molecule has 0 aliphatic carbocycles. The van der Waals surface area contributed by atoms with Crippen molar-refractivity contribution in [1.82, 2.24) is 9.97 Å². The van der Waals surface area contributed by atoms with Gasteiger partial charge in [0.1, 0.15) is 10.7 Å². The smallest absolute Gasteiger partial charge is 0.188 e. The van der Waals surface area contributed by atoms with Gasteiger partial charge in [-0.05, 0) is 30.3 Å². The first-order chi connectivity index (χ1) is 10.2. The van der Waals surface area contributed by atoms with Crippen LogP contribution in [0.15, 0.2) is 36.5 Å². The number of aromatic nitrogens is 2. The highest BCUT2D eigenvalue weighted by molar-refractivity contribution is 7.80. The second kappa shape index (κ2) is 5.63. The van der Waals surface area contributed by atoms with Crippen LogP contribution in [-0.4, -0.2) is 22.1 Å². The average molecular weight is 316 g/mol. The van der Waals surface area contributed by atoms with Crippen molar-refractivity contribution < 1.29 is 4.74 Å². The maximum atomic E-state index is 5.58. The van der Waals surface area contributed by atoms with E-state index in [2.05, 4.69) is 15.3 Å². The van der Waals surface area contributed by atoms with E-state index in [4.69, 9.17) is 22.7 Å². The van der Waals surface area contributed by atoms with Gasteiger partial charge in [0.05, 0.1) is 23.0 Å². The van der Waals surface area contributed by atoms with Gasteiger partial charge >= 0.3 is 0 Å². The number of anilines is 2. The molecular weight excluding hydrogens is 304 g/mol. The molecule has 5 nitrogen and oxygen atoms in total. The number of fused-ring (bicyclic) bond motifs is 1. The Hall–Kier alpha value is -2.25. The lowest BCUT2D eigenvalue weighted by molar-refractivity contribution is 0.415. The number of benzene rings is 1. The van der Waals surface area contributed by atoms with E-state index in [1.165, 1.54) is 0 Å². The van der Waals surface area contributed by atoms with E-state index >= 15 is 0 Å². The Labute approximate surface area is 130 Å². The Morgan fingerprint density at radius 1 is 1.33 bits per heavy atom. The highest BCUT2D eigenvalue weighted by atomic mass is 32.1. The summed E-state index contributed by atoms with van der Waals surface area (Å²) in [6.07, 6.45) is 1.66. The molecule has 0 saturated carbocycles. The van der Waals surface area contributed by atoms with Crippen molar-refractivity contribution >= 4 is 49.6 Å². The van der Waals surface area contributed by atoms with Crippen LogP contribution in [0.4, 0.5) is 10.8 Å². The molecule has 106 valence electrons. The molecular formula is C14H12N4OS2. The zero-order valence-electron chi connectivity index (χ0n) is 11.2. The Balaban J connectivity index is 1.91. The highest BCUT2D eigenvalue weighted by Crippen LogP contribution is 2.30. The summed E-state index contributed by atoms with van der Waals surface area (Å²) in [4.78, 5) is 8.90. The fraction of sp³-hybridized carbons (Fsp3) is 0.0714. The molecule has 0 radical (unpaired) electrons. The Morgan fingerprint density at radius 2 is 2.19 bits per heavy atom. The van der Waals surface area contributed by atoms with Crippen molar-refractivity contribution in [3.8, 4) is 5.75 Å². The van der Waals surface area contributed by atoms with Crippen molar-refractivity contribution in [3.05, 3.63) is 42.2 Å². The molecule has 3 N–H and O–H groups in total. The van der Waals surface area contributed by atoms with Gasteiger partial charge in [-0.2, -0.15) is 0 Å². The SMILES string of the molecule is COc1ccc2nc(Nc3ccnc(C(N)=S)c3)sc2c1. The Bertz CT molecular complexity index is 816. The second-order valence-electron chi connectivity index (χ2n) is 4.27. The third-order valence-electron chi connectivity index (χ3n) is 2.86. The fourth-order valence-electron chi connectivity index (χ4n) is 1.85. The number of thiocarbonyl (C=S) groups is 1. The van der Waals surface area contributed by atoms with Crippen LogP contribution in [-0.2, 0) is 0 Å². The third kappa shape index (κ3) is 2.93. The van der Waals surface area contributed by atoms with Gasteiger partial charge in [-0.25, -0.2) is 4.98 Å². The van der Waals surface area contributed by atoms with Crippen LogP contribution in [0.3, 0.4) is 0 Å². The van der Waals surface area contributed by atoms with Crippen molar-refractivity contribution in [2.75, 3.05) is 12.4 Å². The van der Waals surface area contributed by atoms with Crippen LogP contribution in [0.25, 0.3) is 10.2 Å². The number of rotatable bonds is 4. The number of hydrogen-bond acceptors (Lipinski definition) is 6. The van der Waals surface area contributed by atoms with Crippen LogP contribution in [0.1, 0.15) is 5.69 Å². The van der Waals surface area contributed by atoms with Crippen molar-refractivity contribution in [3.63, 3.8) is 0 Å². The van der Waals surface area contributed by atoms with Crippen LogP contribution >= 0.6 is 23.6 Å². The largest absolute Gasteiger partial charge is 0.497 e. The van der Waals surface area contributed by atoms with E-state index in [0.29, 0.717) is 5.69 Å². The minimum atomic E-state index is 0.271. The van der Waals surface area contributed by atoms with Gasteiger partial charge in [-0.15, -0.1) is 0 Å². The molecule has 3 rings (SSSR count). The number of methoxy groups -OCH3 is 1. The first kappa shape index (κ1) is 13.7. The lowest BCUT2D eigenvalue weighted by atomic mass is 10.3. The van der Waals surface area contributed by atoms with Crippen LogP contribution in [0.5, 0.6) is 5.75 Å². The highest BCUT2D eigenvalue weighted by Gasteiger charge is 2.06. The Morgan fingerprint density at radius 3 is 2.95 bits per heavy atom. The molecule has 1 aromatic carbocycles. The maximum Gasteiger partial charge on any atom is 0.188 e. The van der Waals surface area contributed by atoms with Crippen LogP contribution < -0.4 is 15.8 Å². The summed E-state index contributed by atoms with van der Waals surface area (Å²) in [5.41, 5.74) is 7.93. The molecule has 3 aromatic rings. The normalized spacial score (nSPS) is 10.5. The van der Waals surface area contributed by atoms with E-state index in [-0.39, 0.29) is 4.99 Å². The molecule has 0 bridgehead atoms. The number of nitrogens with one attached hydrogen (secondary N) is 1. The molecule has 2 aromatic heterocycles. The van der Waals surface area contributed by atoms with Crippen molar-refractivity contribution in [2.45, 2.75) is 0 Å². The minimum absolute atomic E-state index is 0.271. The van der Waals surface area contributed by atoms with Gasteiger partial charge in [0, 0.05) is 11.9 Å². The van der Waals surface area contributed by atoms with E-state index in [9.17, 15) is 0 Å². The standard InChI is InChI=1S/C14H12N4OS2/c1-19-9-2-3-10-12(7-9)21-14(18-10)17-8-4-5-16-11(6-8)13(15)20/h2-7H,1H3,(H2,15,20)(H,16,17,18). The summed E-state index contributed by atoms with van der Waals surface area (Å²) >= 11 is 6.48. The molecule has 7 heteroatoms. The van der Waals surface area contributed by atoms with E-state index in [1.54, 1.807) is 30.7 Å². The minimum Gasteiger partial charge on any atom is -0.497 e. The molecule has 0 saturated heterocycles. The van der Waals surface area contributed by atoms with Gasteiger partial charge in [0.25, 0.3) is 0 Å². The van der Waals surface area contributed by atoms with E-state index in [0.717, 1.165) is 26.8 Å². The maximum absolute atomic E-state index is 5.58. The number of hydrogen-bond donors (Lipinski definition) is 2. The summed E-state index contributed by atoms with van der Waals surface area (Å²) < 4.78 is 6.27. The molecule has 0 atom stereocenters. The molecule has 21 heavy (non-hydrogen) atoms. The Kier molecular flexibility index (Phi) is 3.68. The number of nitrogens with zero attached hydrogens (tertiary/aromatic N) is 2. The summed E-state index contributed by atoms with van der Waals surface area (Å²) in [6.45, 7) is 0. The first-order valence-corrected chi connectivity index (χ1v) is 7.35. The lowest BCUT2D eigenvalue weighted by Crippen LogP contribution is -2.11. The van der Waals surface area contributed by atoms with Crippen molar-refractivity contribution in [2.24, 2.45) is 5.73 Å². The number of ether oxygens (including phenoxy) is 1. The van der Waals surface area contributed by atoms with Crippen LogP contribution in [0, 0.1) is 0 Å². The lowest BCUT2D eigenvalue weighted by Gasteiger charge is -2.03. The third-order valence-corrected chi connectivity index (χ3v) is 4.00. The zero-order valence-corrected chi connectivity index (χ0v) is 12.8. The molecule has 0 amide bonds. The van der Waals surface area contributed by atoms with Crippen molar-refractivity contribution in [1.29, 1.82) is 0 Å². The first-order valence-electron chi connectivity index (χ1n) is 6.13. The van der Waals surface area contributed by atoms with Gasteiger partial charge in [-0.3, -0.25) is 4.98 Å². The molecule has 0 spiro atoms. The van der Waals surface area contributed by atoms with Crippen LogP contribution in [0.2, 0.25) is 0 Å². The summed E-state index contributed by atoms with van der Waals surface area (Å²) in [5.74, 6) is 0.817. The van der Waals surface area contributed by atoms with Gasteiger partial charge in [-0.1, -0.05) is 23.6 Å². The molecule has 0 fully saturated rings. The zero-order chi connectivity index (χ0) is 14.8. The number of thiazole rings is 1. The van der Waals surface area contributed by atoms with Gasteiger partial charge < -0.3 is 15.8 Å². The molecule has 0 unspecified atom stereocenters. The molecule has 0 aliphatic heterocycles. The second-order valence-corrected chi connectivity index (χ2v) is 5.74. The summed E-state index contributed by atoms with van der Waals surface area (Å²) in [5, 5.41) is 4.03. The molecule has 0 aliphatic rings. The van der Waals surface area contributed by atoms with Gasteiger partial charge in [0.2, 0.25) is 0 Å². The molecule has 2 heterocycles. The predicted octanol–water partition coefficient (Wildman–Crippen LogP) is 3.08. The van der Waals surface area contributed by atoms with E-state index in [1.807, 2.05) is 24.3 Å². The number of nitrogens with two attached hydrogens (primary N) is 1. The monoisotopic (exact) mass is 316 g/mol. The topological polar surface area (TPSA) is 73.1 Å². The summed E-state index contributed by atoms with van der Waals surface area (Å²) in [6, 6.07) is 9.43. The van der Waals surface area contributed by atoms with Gasteiger partial charge in [0.15, 0.2) is 5.13 Å². The fourth-order valence-corrected chi connectivity index (χ4v) is 2.88. The number of pyridine rings is 1. The van der Waals surface area contributed by atoms with E-state index < -0.39 is 0 Å².